The van der Waals surface area contributed by atoms with Gasteiger partial charge in [0.2, 0.25) is 5.91 Å². The maximum absolute atomic E-state index is 12.9. The zero-order valence-electron chi connectivity index (χ0n) is 16.9. The van der Waals surface area contributed by atoms with Crippen LogP contribution in [0.2, 0.25) is 0 Å². The number of hydrogen-bond acceptors (Lipinski definition) is 1. The highest BCUT2D eigenvalue weighted by Crippen LogP contribution is 2.14. The molecule has 2 heteroatoms. The van der Waals surface area contributed by atoms with E-state index in [2.05, 4.69) is 31.2 Å². The first-order chi connectivity index (χ1) is 13.3. The minimum Gasteiger partial charge on any atom is -0.334 e. The molecular weight excluding hydrogens is 330 g/mol. The van der Waals surface area contributed by atoms with E-state index in [1.165, 1.54) is 56.1 Å². The van der Waals surface area contributed by atoms with Crippen LogP contribution in [0, 0.1) is 0 Å². The van der Waals surface area contributed by atoms with Crippen LogP contribution in [0.4, 0.5) is 0 Å². The lowest BCUT2D eigenvalue weighted by molar-refractivity contribution is -0.132. The van der Waals surface area contributed by atoms with E-state index in [1.807, 2.05) is 41.3 Å². The highest BCUT2D eigenvalue weighted by molar-refractivity contribution is 5.76. The molecule has 0 N–H and O–H groups in total. The van der Waals surface area contributed by atoms with Crippen LogP contribution in [0.5, 0.6) is 0 Å². The zero-order valence-corrected chi connectivity index (χ0v) is 16.9. The molecule has 0 aromatic heterocycles. The van der Waals surface area contributed by atoms with Gasteiger partial charge in [0.1, 0.15) is 0 Å². The maximum Gasteiger partial charge on any atom is 0.223 e. The molecule has 2 aromatic carbocycles. The molecule has 2 rings (SSSR count). The fourth-order valence-electron chi connectivity index (χ4n) is 3.41. The smallest absolute Gasteiger partial charge is 0.223 e. The summed E-state index contributed by atoms with van der Waals surface area (Å²) in [6, 6.07) is 20.6. The van der Waals surface area contributed by atoms with Crippen LogP contribution in [-0.4, -0.2) is 10.8 Å². The van der Waals surface area contributed by atoms with Gasteiger partial charge in [-0.05, 0) is 17.5 Å². The summed E-state index contributed by atoms with van der Waals surface area (Å²) < 4.78 is 0. The molecule has 0 spiro atoms. The molecule has 146 valence electrons. The third-order valence-corrected chi connectivity index (χ3v) is 5.03. The molecule has 1 amide bonds. The third-order valence-electron chi connectivity index (χ3n) is 5.03. The Kier molecular flexibility index (Phi) is 10.3. The Morgan fingerprint density at radius 2 is 1.11 bits per heavy atom. The Morgan fingerprint density at radius 1 is 0.667 bits per heavy atom. The van der Waals surface area contributed by atoms with Crippen molar-refractivity contribution in [3.8, 4) is 0 Å². The number of carbonyl (C=O) groups is 1. The SMILES string of the molecule is CCCCCCCCCCC(=O)N(Cc1ccccc1)Cc1ccccc1. The largest absolute Gasteiger partial charge is 0.334 e. The molecule has 27 heavy (non-hydrogen) atoms. The lowest BCUT2D eigenvalue weighted by Gasteiger charge is -2.23. The molecule has 0 radical (unpaired) electrons. The van der Waals surface area contributed by atoms with Crippen molar-refractivity contribution in [1.82, 2.24) is 4.90 Å². The van der Waals surface area contributed by atoms with Gasteiger partial charge in [0, 0.05) is 19.5 Å². The van der Waals surface area contributed by atoms with Gasteiger partial charge in [-0.2, -0.15) is 0 Å². The van der Waals surface area contributed by atoms with Crippen molar-refractivity contribution in [1.29, 1.82) is 0 Å². The van der Waals surface area contributed by atoms with E-state index in [0.29, 0.717) is 19.5 Å². The van der Waals surface area contributed by atoms with E-state index in [4.69, 9.17) is 0 Å². The molecule has 0 fully saturated rings. The van der Waals surface area contributed by atoms with Crippen molar-refractivity contribution >= 4 is 5.91 Å². The third kappa shape index (κ3) is 8.90. The van der Waals surface area contributed by atoms with Crippen LogP contribution < -0.4 is 0 Å². The predicted octanol–water partition coefficient (Wildman–Crippen LogP) is 6.75. The van der Waals surface area contributed by atoms with Crippen LogP contribution in [0.3, 0.4) is 0 Å². The second kappa shape index (κ2) is 13.1. The predicted molar refractivity (Wildman–Crippen MR) is 114 cm³/mol. The highest BCUT2D eigenvalue weighted by Gasteiger charge is 2.14. The van der Waals surface area contributed by atoms with E-state index < -0.39 is 0 Å². The second-order valence-electron chi connectivity index (χ2n) is 7.45. The van der Waals surface area contributed by atoms with Gasteiger partial charge in [0.05, 0.1) is 0 Å². The standard InChI is InChI=1S/C25H35NO/c1-2-3-4-5-6-7-8-15-20-25(27)26(21-23-16-11-9-12-17-23)22-24-18-13-10-14-19-24/h9-14,16-19H,2-8,15,20-22H2,1H3. The average Bonchev–Trinajstić information content (AvgIpc) is 2.71. The first kappa shape index (κ1) is 21.2. The summed E-state index contributed by atoms with van der Waals surface area (Å²) in [5.41, 5.74) is 2.38. The zero-order chi connectivity index (χ0) is 19.2. The number of amides is 1. The molecule has 0 saturated heterocycles. The lowest BCUT2D eigenvalue weighted by Crippen LogP contribution is -2.29. The van der Waals surface area contributed by atoms with Crippen LogP contribution in [0.25, 0.3) is 0 Å². The monoisotopic (exact) mass is 365 g/mol. The van der Waals surface area contributed by atoms with Gasteiger partial charge in [-0.15, -0.1) is 0 Å². The van der Waals surface area contributed by atoms with Gasteiger partial charge in [-0.25, -0.2) is 0 Å². The Hall–Kier alpha value is -2.09. The molecule has 2 nitrogen and oxygen atoms in total. The number of rotatable bonds is 13. The summed E-state index contributed by atoms with van der Waals surface area (Å²) in [7, 11) is 0. The van der Waals surface area contributed by atoms with E-state index in [9.17, 15) is 4.79 Å². The molecule has 0 heterocycles. The topological polar surface area (TPSA) is 20.3 Å². The summed E-state index contributed by atoms with van der Waals surface area (Å²) in [5, 5.41) is 0. The van der Waals surface area contributed by atoms with E-state index in [-0.39, 0.29) is 5.91 Å². The first-order valence-electron chi connectivity index (χ1n) is 10.6. The van der Waals surface area contributed by atoms with Gasteiger partial charge in [-0.3, -0.25) is 4.79 Å². The number of benzene rings is 2. The van der Waals surface area contributed by atoms with Crippen LogP contribution in [0.1, 0.15) is 75.8 Å². The van der Waals surface area contributed by atoms with Gasteiger partial charge in [0.15, 0.2) is 0 Å². The molecule has 0 atom stereocenters. The molecule has 0 saturated carbocycles. The second-order valence-corrected chi connectivity index (χ2v) is 7.45. The van der Waals surface area contributed by atoms with Crippen LogP contribution in [-0.2, 0) is 17.9 Å². The first-order valence-corrected chi connectivity index (χ1v) is 10.6. The van der Waals surface area contributed by atoms with Crippen molar-refractivity contribution in [3.63, 3.8) is 0 Å². The highest BCUT2D eigenvalue weighted by atomic mass is 16.2. The van der Waals surface area contributed by atoms with Crippen molar-refractivity contribution in [2.45, 2.75) is 77.8 Å². The minimum absolute atomic E-state index is 0.272. The quantitative estimate of drug-likeness (QED) is 0.360. The van der Waals surface area contributed by atoms with Crippen molar-refractivity contribution in [2.24, 2.45) is 0 Å². The molecule has 0 aliphatic rings. The minimum atomic E-state index is 0.272. The van der Waals surface area contributed by atoms with E-state index in [1.54, 1.807) is 0 Å². The summed E-state index contributed by atoms with van der Waals surface area (Å²) in [6.45, 7) is 3.62. The van der Waals surface area contributed by atoms with Gasteiger partial charge < -0.3 is 4.90 Å². The molecule has 2 aromatic rings. The summed E-state index contributed by atoms with van der Waals surface area (Å²) >= 11 is 0. The van der Waals surface area contributed by atoms with Crippen molar-refractivity contribution in [3.05, 3.63) is 71.8 Å². The maximum atomic E-state index is 12.9. The van der Waals surface area contributed by atoms with E-state index >= 15 is 0 Å². The molecular formula is C25H35NO. The molecule has 0 aliphatic heterocycles. The normalized spacial score (nSPS) is 10.7. The van der Waals surface area contributed by atoms with Gasteiger partial charge >= 0.3 is 0 Å². The van der Waals surface area contributed by atoms with Gasteiger partial charge in [-0.1, -0.05) is 113 Å². The fourth-order valence-corrected chi connectivity index (χ4v) is 3.41. The van der Waals surface area contributed by atoms with E-state index in [0.717, 1.165) is 6.42 Å². The Morgan fingerprint density at radius 3 is 1.59 bits per heavy atom. The van der Waals surface area contributed by atoms with Crippen LogP contribution >= 0.6 is 0 Å². The number of nitrogens with zero attached hydrogens (tertiary/aromatic N) is 1. The Bertz CT molecular complexity index is 582. The van der Waals surface area contributed by atoms with Crippen molar-refractivity contribution in [2.75, 3.05) is 0 Å². The summed E-state index contributed by atoms with van der Waals surface area (Å²) in [4.78, 5) is 14.9. The number of carbonyl (C=O) groups excluding carboxylic acids is 1. The molecule has 0 aliphatic carbocycles. The Balaban J connectivity index is 1.80. The summed E-state index contributed by atoms with van der Waals surface area (Å²) in [6.07, 6.45) is 10.8. The molecule has 0 bridgehead atoms. The fraction of sp³-hybridized carbons (Fsp3) is 0.480. The van der Waals surface area contributed by atoms with Crippen molar-refractivity contribution < 1.29 is 4.79 Å². The molecule has 0 unspecified atom stereocenters. The average molecular weight is 366 g/mol. The van der Waals surface area contributed by atoms with Crippen LogP contribution in [0.15, 0.2) is 60.7 Å². The summed E-state index contributed by atoms with van der Waals surface area (Å²) in [5.74, 6) is 0.272. The number of unbranched alkanes of at least 4 members (excludes halogenated alkanes) is 7. The van der Waals surface area contributed by atoms with Gasteiger partial charge in [0.25, 0.3) is 0 Å². The number of hydrogen-bond donors (Lipinski definition) is 0. The Labute approximate surface area is 165 Å². The lowest BCUT2D eigenvalue weighted by atomic mass is 10.1.